The van der Waals surface area contributed by atoms with Gasteiger partial charge in [0.05, 0.1) is 25.4 Å². The van der Waals surface area contributed by atoms with Crippen molar-refractivity contribution >= 4 is 11.9 Å². The van der Waals surface area contributed by atoms with Gasteiger partial charge < -0.3 is 20.3 Å². The molecule has 0 fully saturated rings. The van der Waals surface area contributed by atoms with Gasteiger partial charge in [-0.1, -0.05) is 365 Å². The lowest BCUT2D eigenvalue weighted by molar-refractivity contribution is -0.143. The van der Waals surface area contributed by atoms with Crippen LogP contribution in [0.5, 0.6) is 0 Å². The maximum absolute atomic E-state index is 12.6. The number of unbranched alkanes of at least 4 members (excludes halogenated alkanes) is 55. The summed E-state index contributed by atoms with van der Waals surface area (Å²) in [6, 6.07) is -0.541. The molecule has 0 aromatic carbocycles. The first-order chi connectivity index (χ1) is 41.5. The summed E-state index contributed by atoms with van der Waals surface area (Å²) in [5.74, 6) is -0.0240. The van der Waals surface area contributed by atoms with E-state index < -0.39 is 12.1 Å². The summed E-state index contributed by atoms with van der Waals surface area (Å²) in [5, 5.41) is 23.4. The maximum Gasteiger partial charge on any atom is 0.305 e. The van der Waals surface area contributed by atoms with Crippen molar-refractivity contribution in [1.82, 2.24) is 5.32 Å². The molecule has 0 spiro atoms. The third kappa shape index (κ3) is 69.2. The number of hydrogen-bond donors (Lipinski definition) is 3. The first-order valence-corrected chi connectivity index (χ1v) is 38.2. The fraction of sp³-hybridized carbons (Fsp3) is 0.897. The Morgan fingerprint density at radius 3 is 0.940 bits per heavy atom. The fourth-order valence-electron chi connectivity index (χ4n) is 12.1. The van der Waals surface area contributed by atoms with Crippen molar-refractivity contribution in [2.75, 3.05) is 13.2 Å². The normalized spacial score (nSPS) is 12.7. The summed E-state index contributed by atoms with van der Waals surface area (Å²) < 4.78 is 5.49. The van der Waals surface area contributed by atoms with E-state index in [1.165, 1.54) is 340 Å². The Morgan fingerprint density at radius 1 is 0.333 bits per heavy atom. The quantitative estimate of drug-likeness (QED) is 0.0320. The van der Waals surface area contributed by atoms with Crippen molar-refractivity contribution in [2.45, 2.75) is 437 Å². The number of aliphatic hydroxyl groups is 2. The summed E-state index contributed by atoms with van der Waals surface area (Å²) in [7, 11) is 0. The summed E-state index contributed by atoms with van der Waals surface area (Å²) >= 11 is 0. The van der Waals surface area contributed by atoms with Gasteiger partial charge in [-0.05, 0) is 83.5 Å². The molecule has 0 aliphatic carbocycles. The molecule has 0 aromatic rings. The first kappa shape index (κ1) is 82.1. The van der Waals surface area contributed by atoms with Crippen LogP contribution < -0.4 is 5.32 Å². The first-order valence-electron chi connectivity index (χ1n) is 38.2. The van der Waals surface area contributed by atoms with E-state index in [1.54, 1.807) is 0 Å². The summed E-state index contributed by atoms with van der Waals surface area (Å²) in [4.78, 5) is 24.6. The summed E-state index contributed by atoms with van der Waals surface area (Å²) in [6.07, 6.45) is 95.0. The minimum Gasteiger partial charge on any atom is -0.466 e. The Kier molecular flexibility index (Phi) is 71.9. The Balaban J connectivity index is 3.37. The zero-order valence-electron chi connectivity index (χ0n) is 56.9. The topological polar surface area (TPSA) is 95.9 Å². The number of hydrogen-bond acceptors (Lipinski definition) is 5. The minimum atomic E-state index is -0.664. The zero-order valence-corrected chi connectivity index (χ0v) is 56.9. The molecule has 0 aromatic heterocycles. The monoisotopic (exact) mass is 1180 g/mol. The molecule has 0 radical (unpaired) electrons. The molecule has 6 nitrogen and oxygen atoms in total. The van der Waals surface area contributed by atoms with Crippen LogP contribution in [0.25, 0.3) is 0 Å². The summed E-state index contributed by atoms with van der Waals surface area (Å²) in [5.41, 5.74) is 0. The molecule has 3 N–H and O–H groups in total. The van der Waals surface area contributed by atoms with E-state index in [-0.39, 0.29) is 18.5 Å². The van der Waals surface area contributed by atoms with Crippen LogP contribution in [-0.4, -0.2) is 47.4 Å². The second-order valence-corrected chi connectivity index (χ2v) is 26.3. The molecule has 1 amide bonds. The number of allylic oxidation sites excluding steroid dienone is 6. The van der Waals surface area contributed by atoms with Crippen LogP contribution in [0.2, 0.25) is 0 Å². The van der Waals surface area contributed by atoms with Gasteiger partial charge in [-0.25, -0.2) is 0 Å². The average Bonchev–Trinajstić information content (AvgIpc) is 3.51. The van der Waals surface area contributed by atoms with E-state index in [0.29, 0.717) is 25.9 Å². The van der Waals surface area contributed by atoms with Gasteiger partial charge in [0.15, 0.2) is 0 Å². The predicted molar refractivity (Wildman–Crippen MR) is 370 cm³/mol. The Morgan fingerprint density at radius 2 is 0.595 bits per heavy atom. The smallest absolute Gasteiger partial charge is 0.305 e. The Hall–Kier alpha value is -1.92. The Labute approximate surface area is 525 Å². The Bertz CT molecular complexity index is 1360. The van der Waals surface area contributed by atoms with Crippen molar-refractivity contribution in [2.24, 2.45) is 0 Å². The van der Waals surface area contributed by atoms with E-state index in [0.717, 1.165) is 51.4 Å². The van der Waals surface area contributed by atoms with Gasteiger partial charge in [0.2, 0.25) is 5.91 Å². The molecule has 0 saturated heterocycles. The van der Waals surface area contributed by atoms with E-state index in [9.17, 15) is 19.8 Å². The number of nitrogens with one attached hydrogen (secondary N) is 1. The number of aliphatic hydroxyl groups excluding tert-OH is 2. The van der Waals surface area contributed by atoms with Gasteiger partial charge in [-0.2, -0.15) is 0 Å². The maximum atomic E-state index is 12.6. The molecule has 0 aliphatic rings. The van der Waals surface area contributed by atoms with Crippen molar-refractivity contribution < 1.29 is 24.5 Å². The molecular formula is C78H149NO5. The number of amides is 1. The lowest BCUT2D eigenvalue weighted by Crippen LogP contribution is -2.45. The van der Waals surface area contributed by atoms with E-state index >= 15 is 0 Å². The van der Waals surface area contributed by atoms with Crippen molar-refractivity contribution in [3.63, 3.8) is 0 Å². The number of ether oxygens (including phenoxy) is 1. The van der Waals surface area contributed by atoms with Gasteiger partial charge in [-0.3, -0.25) is 9.59 Å². The largest absolute Gasteiger partial charge is 0.466 e. The van der Waals surface area contributed by atoms with Crippen LogP contribution in [0, 0.1) is 0 Å². The highest BCUT2D eigenvalue weighted by atomic mass is 16.5. The van der Waals surface area contributed by atoms with Gasteiger partial charge >= 0.3 is 5.97 Å². The highest BCUT2D eigenvalue weighted by Gasteiger charge is 2.20. The zero-order chi connectivity index (χ0) is 60.6. The average molecular weight is 1180 g/mol. The highest BCUT2D eigenvalue weighted by Crippen LogP contribution is 2.19. The van der Waals surface area contributed by atoms with E-state index in [4.69, 9.17) is 4.74 Å². The number of carbonyl (C=O) groups is 2. The molecular weight excluding hydrogens is 1030 g/mol. The van der Waals surface area contributed by atoms with Gasteiger partial charge in [0.1, 0.15) is 0 Å². The fourth-order valence-corrected chi connectivity index (χ4v) is 12.1. The third-order valence-corrected chi connectivity index (χ3v) is 17.9. The number of carbonyl (C=O) groups excluding carboxylic acids is 2. The lowest BCUT2D eigenvalue weighted by Gasteiger charge is -2.22. The standard InChI is InChI=1S/C78H149NO5/c1-3-5-7-9-11-13-15-17-19-20-21-33-36-39-43-46-50-54-58-62-66-70-76(81)75(74-80)79-77(82)71-67-63-59-55-51-47-44-40-37-34-31-29-27-25-23-22-24-26-28-30-32-35-38-41-45-49-53-57-61-65-69-73-84-78(83)72-68-64-60-56-52-48-42-18-16-14-12-10-8-6-4-2/h12,14,18,24,26,42,75-76,80-81H,3-11,13,15-17,19-23,25,27-41,43-74H2,1-2H3,(H,79,82)/b14-12-,26-24-,42-18-. The van der Waals surface area contributed by atoms with Gasteiger partial charge in [0.25, 0.3) is 0 Å². The molecule has 2 atom stereocenters. The number of rotatable bonds is 72. The second-order valence-electron chi connectivity index (χ2n) is 26.3. The SMILES string of the molecule is CCCCC/C=C\C/C=C\CCCCCCCC(=O)OCCCCCCCCCCCCCC/C=C\CCCCCCCCCCCCCCCCCC(=O)NC(CO)C(O)CCCCCCCCCCCCCCCCCCCCCCC. The molecule has 6 heteroatoms. The van der Waals surface area contributed by atoms with Crippen molar-refractivity contribution in [3.8, 4) is 0 Å². The highest BCUT2D eigenvalue weighted by molar-refractivity contribution is 5.76. The number of esters is 1. The molecule has 0 bridgehead atoms. The molecule has 0 heterocycles. The second kappa shape index (κ2) is 73.5. The molecule has 0 rings (SSSR count). The minimum absolute atomic E-state index is 0.00425. The molecule has 496 valence electrons. The van der Waals surface area contributed by atoms with Crippen LogP contribution in [-0.2, 0) is 14.3 Å². The van der Waals surface area contributed by atoms with E-state index in [2.05, 4.69) is 55.6 Å². The molecule has 0 saturated carbocycles. The van der Waals surface area contributed by atoms with Crippen molar-refractivity contribution in [3.05, 3.63) is 36.5 Å². The van der Waals surface area contributed by atoms with E-state index in [1.807, 2.05) is 0 Å². The van der Waals surface area contributed by atoms with Crippen LogP contribution in [0.1, 0.15) is 425 Å². The third-order valence-electron chi connectivity index (χ3n) is 17.9. The predicted octanol–water partition coefficient (Wildman–Crippen LogP) is 25.0. The van der Waals surface area contributed by atoms with Crippen LogP contribution >= 0.6 is 0 Å². The lowest BCUT2D eigenvalue weighted by atomic mass is 10.0. The van der Waals surface area contributed by atoms with Crippen molar-refractivity contribution in [1.29, 1.82) is 0 Å². The van der Waals surface area contributed by atoms with Crippen LogP contribution in [0.15, 0.2) is 36.5 Å². The molecule has 84 heavy (non-hydrogen) atoms. The summed E-state index contributed by atoms with van der Waals surface area (Å²) in [6.45, 7) is 4.96. The molecule has 0 aliphatic heterocycles. The van der Waals surface area contributed by atoms with Crippen LogP contribution in [0.4, 0.5) is 0 Å². The van der Waals surface area contributed by atoms with Gasteiger partial charge in [-0.15, -0.1) is 0 Å². The van der Waals surface area contributed by atoms with Crippen LogP contribution in [0.3, 0.4) is 0 Å². The van der Waals surface area contributed by atoms with Gasteiger partial charge in [0, 0.05) is 12.8 Å². The molecule has 2 unspecified atom stereocenters.